The van der Waals surface area contributed by atoms with E-state index in [4.69, 9.17) is 4.74 Å². The molecule has 1 atom stereocenters. The van der Waals surface area contributed by atoms with Crippen LogP contribution < -0.4 is 5.56 Å². The first-order chi connectivity index (χ1) is 16.3. The summed E-state index contributed by atoms with van der Waals surface area (Å²) < 4.78 is 22.3. The molecular weight excluding hydrogens is 453 g/mol. The number of thioether (sulfide) groups is 1. The minimum Gasteiger partial charge on any atom is -0.383 e. The molecule has 2 heterocycles. The summed E-state index contributed by atoms with van der Waals surface area (Å²) in [4.78, 5) is 31.2. The lowest BCUT2D eigenvalue weighted by molar-refractivity contribution is 0.102. The van der Waals surface area contributed by atoms with Gasteiger partial charge in [0.05, 0.1) is 35.0 Å². The number of hydrogen-bond donors (Lipinski definition) is 0. The van der Waals surface area contributed by atoms with E-state index >= 15 is 0 Å². The van der Waals surface area contributed by atoms with Crippen LogP contribution in [0.3, 0.4) is 0 Å². The minimum absolute atomic E-state index is 0.0537. The summed E-state index contributed by atoms with van der Waals surface area (Å²) in [6, 6.07) is 14.7. The molecule has 0 aliphatic heterocycles. The Bertz CT molecular complexity index is 1410. The van der Waals surface area contributed by atoms with Crippen LogP contribution >= 0.6 is 11.8 Å². The Kier molecular flexibility index (Phi) is 7.00. The van der Waals surface area contributed by atoms with Gasteiger partial charge in [0.2, 0.25) is 0 Å². The van der Waals surface area contributed by atoms with Crippen LogP contribution in [-0.2, 0) is 4.74 Å². The third-order valence-electron chi connectivity index (χ3n) is 5.80. The number of aromatic nitrogens is 3. The molecule has 0 amide bonds. The number of benzene rings is 2. The van der Waals surface area contributed by atoms with Crippen molar-refractivity contribution in [1.29, 1.82) is 0 Å². The highest BCUT2D eigenvalue weighted by Gasteiger charge is 2.20. The fourth-order valence-electron chi connectivity index (χ4n) is 4.29. The van der Waals surface area contributed by atoms with Gasteiger partial charge in [0.1, 0.15) is 5.82 Å². The highest BCUT2D eigenvalue weighted by Crippen LogP contribution is 2.25. The van der Waals surface area contributed by atoms with Crippen LogP contribution in [0, 0.1) is 19.7 Å². The molecule has 176 valence electrons. The SMILES string of the molecule is COC[C@@H](C)n1c(C)cc(C(=O)CSc2nc3ccccc3c(=O)n2-c2ccc(F)cc2)c1C. The summed E-state index contributed by atoms with van der Waals surface area (Å²) in [7, 11) is 1.66. The van der Waals surface area contributed by atoms with Crippen molar-refractivity contribution in [2.75, 3.05) is 19.5 Å². The maximum atomic E-state index is 13.5. The van der Waals surface area contributed by atoms with Gasteiger partial charge in [-0.05, 0) is 63.2 Å². The number of methoxy groups -OCH3 is 1. The van der Waals surface area contributed by atoms with Crippen LogP contribution in [0.1, 0.15) is 34.7 Å². The number of hydrogen-bond acceptors (Lipinski definition) is 5. The van der Waals surface area contributed by atoms with Gasteiger partial charge in [-0.25, -0.2) is 9.37 Å². The fourth-order valence-corrected chi connectivity index (χ4v) is 5.18. The third-order valence-corrected chi connectivity index (χ3v) is 6.73. The number of ether oxygens (including phenoxy) is 1. The lowest BCUT2D eigenvalue weighted by Gasteiger charge is -2.17. The minimum atomic E-state index is -0.395. The largest absolute Gasteiger partial charge is 0.383 e. The molecule has 0 aliphatic rings. The van der Waals surface area contributed by atoms with Gasteiger partial charge in [-0.15, -0.1) is 0 Å². The van der Waals surface area contributed by atoms with Crippen molar-refractivity contribution in [3.05, 3.63) is 87.7 Å². The summed E-state index contributed by atoms with van der Waals surface area (Å²) in [6.07, 6.45) is 0. The van der Waals surface area contributed by atoms with Crippen molar-refractivity contribution in [3.63, 3.8) is 0 Å². The molecule has 34 heavy (non-hydrogen) atoms. The lowest BCUT2D eigenvalue weighted by atomic mass is 10.2. The first-order valence-electron chi connectivity index (χ1n) is 10.9. The number of Topliss-reactive ketones (excluding diaryl/α,β-unsaturated/α-hetero) is 1. The first kappa shape index (κ1) is 23.9. The number of carbonyl (C=O) groups is 1. The Balaban J connectivity index is 1.70. The molecular formula is C26H26FN3O3S. The number of fused-ring (bicyclic) bond motifs is 1. The van der Waals surface area contributed by atoms with Gasteiger partial charge < -0.3 is 9.30 Å². The normalized spacial score (nSPS) is 12.3. The molecule has 0 saturated heterocycles. The molecule has 0 radical (unpaired) electrons. The molecule has 0 aliphatic carbocycles. The van der Waals surface area contributed by atoms with Gasteiger partial charge in [-0.3, -0.25) is 14.2 Å². The molecule has 8 heteroatoms. The molecule has 0 saturated carbocycles. The van der Waals surface area contributed by atoms with E-state index in [-0.39, 0.29) is 23.1 Å². The fraction of sp³-hybridized carbons (Fsp3) is 0.269. The standard InChI is InChI=1S/C26H26FN3O3S/c1-16-13-22(18(3)29(16)17(2)14-33-4)24(31)15-34-26-28-23-8-6-5-7-21(23)25(32)30(26)20-11-9-19(27)10-12-20/h5-13,17H,14-15H2,1-4H3/t17-/m1/s1. The van der Waals surface area contributed by atoms with Crippen LogP contribution in [0.15, 0.2) is 64.5 Å². The van der Waals surface area contributed by atoms with E-state index in [1.54, 1.807) is 25.3 Å². The smallest absolute Gasteiger partial charge is 0.266 e. The van der Waals surface area contributed by atoms with E-state index in [1.165, 1.54) is 40.6 Å². The van der Waals surface area contributed by atoms with E-state index in [0.717, 1.165) is 11.4 Å². The number of aryl methyl sites for hydroxylation is 1. The van der Waals surface area contributed by atoms with Crippen LogP contribution in [0.2, 0.25) is 0 Å². The summed E-state index contributed by atoms with van der Waals surface area (Å²) in [6.45, 7) is 6.50. The summed E-state index contributed by atoms with van der Waals surface area (Å²) >= 11 is 1.20. The van der Waals surface area contributed by atoms with Crippen LogP contribution in [0.25, 0.3) is 16.6 Å². The van der Waals surface area contributed by atoms with Gasteiger partial charge in [0.25, 0.3) is 5.56 Å². The zero-order chi connectivity index (χ0) is 24.4. The molecule has 0 N–H and O–H groups in total. The van der Waals surface area contributed by atoms with E-state index in [1.807, 2.05) is 32.9 Å². The Morgan fingerprint density at radius 2 is 1.85 bits per heavy atom. The van der Waals surface area contributed by atoms with Gasteiger partial charge >= 0.3 is 0 Å². The van der Waals surface area contributed by atoms with Crippen molar-refractivity contribution < 1.29 is 13.9 Å². The first-order valence-corrected chi connectivity index (χ1v) is 11.9. The number of halogens is 1. The van der Waals surface area contributed by atoms with E-state index in [2.05, 4.69) is 9.55 Å². The van der Waals surface area contributed by atoms with Gasteiger partial charge in [-0.1, -0.05) is 23.9 Å². The third kappa shape index (κ3) is 4.56. The monoisotopic (exact) mass is 479 g/mol. The van der Waals surface area contributed by atoms with Crippen LogP contribution in [-0.4, -0.2) is 39.4 Å². The summed E-state index contributed by atoms with van der Waals surface area (Å²) in [5.41, 5.74) is 3.29. The molecule has 6 nitrogen and oxygen atoms in total. The molecule has 0 unspecified atom stereocenters. The van der Waals surface area contributed by atoms with E-state index < -0.39 is 5.82 Å². The van der Waals surface area contributed by atoms with E-state index in [0.29, 0.717) is 33.9 Å². The maximum absolute atomic E-state index is 13.5. The number of para-hydroxylation sites is 1. The van der Waals surface area contributed by atoms with Crippen molar-refractivity contribution in [3.8, 4) is 5.69 Å². The van der Waals surface area contributed by atoms with Crippen molar-refractivity contribution in [2.45, 2.75) is 32.0 Å². The van der Waals surface area contributed by atoms with Gasteiger partial charge in [0.15, 0.2) is 10.9 Å². The molecule has 4 rings (SSSR count). The number of carbonyl (C=O) groups excluding carboxylic acids is 1. The Morgan fingerprint density at radius 3 is 2.56 bits per heavy atom. The van der Waals surface area contributed by atoms with Gasteiger partial charge in [-0.2, -0.15) is 0 Å². The Morgan fingerprint density at radius 1 is 1.15 bits per heavy atom. The second-order valence-electron chi connectivity index (χ2n) is 8.20. The number of rotatable bonds is 8. The Hall–Kier alpha value is -3.23. The molecule has 4 aromatic rings. The average molecular weight is 480 g/mol. The number of ketones is 1. The average Bonchev–Trinajstić information content (AvgIpc) is 3.12. The quantitative estimate of drug-likeness (QED) is 0.199. The summed E-state index contributed by atoms with van der Waals surface area (Å²) in [5, 5.41) is 0.836. The highest BCUT2D eigenvalue weighted by atomic mass is 32.2. The van der Waals surface area contributed by atoms with Crippen molar-refractivity contribution in [2.24, 2.45) is 0 Å². The maximum Gasteiger partial charge on any atom is 0.266 e. The van der Waals surface area contributed by atoms with Gasteiger partial charge in [0, 0.05) is 24.1 Å². The molecule has 0 fully saturated rings. The van der Waals surface area contributed by atoms with Crippen molar-refractivity contribution >= 4 is 28.4 Å². The summed E-state index contributed by atoms with van der Waals surface area (Å²) in [5.74, 6) is -0.343. The van der Waals surface area contributed by atoms with Crippen LogP contribution in [0.5, 0.6) is 0 Å². The van der Waals surface area contributed by atoms with Crippen molar-refractivity contribution in [1.82, 2.24) is 14.1 Å². The molecule has 2 aromatic carbocycles. The molecule has 2 aromatic heterocycles. The predicted molar refractivity (Wildman–Crippen MR) is 133 cm³/mol. The lowest BCUT2D eigenvalue weighted by Crippen LogP contribution is -2.22. The molecule has 0 bridgehead atoms. The highest BCUT2D eigenvalue weighted by molar-refractivity contribution is 7.99. The number of nitrogens with zero attached hydrogens (tertiary/aromatic N) is 3. The Labute approximate surface area is 201 Å². The second kappa shape index (κ2) is 9.95. The van der Waals surface area contributed by atoms with Crippen LogP contribution in [0.4, 0.5) is 4.39 Å². The molecule has 0 spiro atoms. The van der Waals surface area contributed by atoms with E-state index in [9.17, 15) is 14.0 Å². The second-order valence-corrected chi connectivity index (χ2v) is 9.14. The topological polar surface area (TPSA) is 66.1 Å². The zero-order valence-corrected chi connectivity index (χ0v) is 20.4. The predicted octanol–water partition coefficient (Wildman–Crippen LogP) is 5.13. The zero-order valence-electron chi connectivity index (χ0n) is 19.5.